The minimum Gasteiger partial charge on any atom is -0.444 e. The van der Waals surface area contributed by atoms with Gasteiger partial charge in [-0.2, -0.15) is 5.26 Å². The molecule has 10 nitrogen and oxygen atoms in total. The Bertz CT molecular complexity index is 1240. The smallest absolute Gasteiger partial charge is 0.408 e. The molecule has 38 heavy (non-hydrogen) atoms. The standard InChI is InChI=1S/C28H35N5O5/c1-17-11-9-12-20(19(17)3)24(25(35)31-21-13-8-7-10-18(21)2)33(15-14-29)26(36)22(16-23(30)34)32-27(37)38-28(4,5)6/h7-13,22,24H,15-16H2,1-6H3,(H2,30,34)(H,31,35)(H,32,37). The number of rotatable bonds is 9. The Morgan fingerprint density at radius 1 is 1.03 bits per heavy atom. The van der Waals surface area contributed by atoms with Crippen LogP contribution in [0.5, 0.6) is 0 Å². The van der Waals surface area contributed by atoms with E-state index in [9.17, 15) is 24.4 Å². The van der Waals surface area contributed by atoms with Crippen molar-refractivity contribution in [2.75, 3.05) is 11.9 Å². The Labute approximate surface area is 223 Å². The van der Waals surface area contributed by atoms with Crippen LogP contribution in [-0.2, 0) is 19.1 Å². The maximum Gasteiger partial charge on any atom is 0.408 e. The summed E-state index contributed by atoms with van der Waals surface area (Å²) in [5.41, 5.74) is 7.97. The van der Waals surface area contributed by atoms with Crippen molar-refractivity contribution >= 4 is 29.5 Å². The molecule has 2 unspecified atom stereocenters. The van der Waals surface area contributed by atoms with Crippen molar-refractivity contribution in [3.05, 3.63) is 64.7 Å². The molecule has 0 aliphatic rings. The second kappa shape index (κ2) is 12.7. The number of nitrogens with two attached hydrogens (primary N) is 1. The van der Waals surface area contributed by atoms with E-state index in [2.05, 4.69) is 10.6 Å². The number of benzene rings is 2. The lowest BCUT2D eigenvalue weighted by Gasteiger charge is -2.33. The Hall–Kier alpha value is -4.39. The first-order valence-electron chi connectivity index (χ1n) is 12.1. The number of alkyl carbamates (subject to hydrolysis) is 1. The molecule has 0 aromatic heterocycles. The minimum absolute atomic E-state index is 0.495. The summed E-state index contributed by atoms with van der Waals surface area (Å²) in [4.78, 5) is 53.0. The molecule has 0 spiro atoms. The maximum atomic E-state index is 13.8. The van der Waals surface area contributed by atoms with Crippen molar-refractivity contribution in [2.45, 2.75) is 65.6 Å². The van der Waals surface area contributed by atoms with Crippen molar-refractivity contribution < 1.29 is 23.9 Å². The number of ether oxygens (including phenoxy) is 1. The van der Waals surface area contributed by atoms with Crippen LogP contribution in [0.3, 0.4) is 0 Å². The molecular weight excluding hydrogens is 486 g/mol. The average molecular weight is 522 g/mol. The van der Waals surface area contributed by atoms with Gasteiger partial charge in [0, 0.05) is 5.69 Å². The van der Waals surface area contributed by atoms with Gasteiger partial charge in [-0.3, -0.25) is 14.4 Å². The molecule has 0 bridgehead atoms. The van der Waals surface area contributed by atoms with Crippen LogP contribution in [0, 0.1) is 32.1 Å². The van der Waals surface area contributed by atoms with Gasteiger partial charge < -0.3 is 26.0 Å². The van der Waals surface area contributed by atoms with Crippen molar-refractivity contribution in [3.63, 3.8) is 0 Å². The highest BCUT2D eigenvalue weighted by Gasteiger charge is 2.37. The third-order valence-corrected chi connectivity index (χ3v) is 5.82. The molecule has 4 amide bonds. The number of anilines is 1. The zero-order valence-corrected chi connectivity index (χ0v) is 22.6. The molecule has 2 aromatic carbocycles. The van der Waals surface area contributed by atoms with Gasteiger partial charge in [0.05, 0.1) is 12.5 Å². The fraction of sp³-hybridized carbons (Fsp3) is 0.393. The number of nitrogens with one attached hydrogen (secondary N) is 2. The van der Waals surface area contributed by atoms with Gasteiger partial charge >= 0.3 is 6.09 Å². The first kappa shape index (κ1) is 29.8. The Morgan fingerprint density at radius 2 is 1.66 bits per heavy atom. The van der Waals surface area contributed by atoms with E-state index in [0.29, 0.717) is 11.3 Å². The predicted octanol–water partition coefficient (Wildman–Crippen LogP) is 3.41. The van der Waals surface area contributed by atoms with E-state index in [1.54, 1.807) is 45.0 Å². The summed E-state index contributed by atoms with van der Waals surface area (Å²) in [6.07, 6.45) is -1.50. The van der Waals surface area contributed by atoms with Gasteiger partial charge in [-0.15, -0.1) is 0 Å². The number of aryl methyl sites for hydroxylation is 2. The Balaban J connectivity index is 2.59. The van der Waals surface area contributed by atoms with E-state index in [1.807, 2.05) is 45.0 Å². The van der Waals surface area contributed by atoms with Gasteiger partial charge in [0.25, 0.3) is 5.91 Å². The Kier molecular flexibility index (Phi) is 9.99. The molecular formula is C28H35N5O5. The van der Waals surface area contributed by atoms with Crippen LogP contribution in [0.4, 0.5) is 10.5 Å². The molecule has 10 heteroatoms. The van der Waals surface area contributed by atoms with E-state index in [0.717, 1.165) is 21.6 Å². The van der Waals surface area contributed by atoms with Crippen LogP contribution < -0.4 is 16.4 Å². The number of carbonyl (C=O) groups is 4. The van der Waals surface area contributed by atoms with Crippen LogP contribution in [-0.4, -0.2) is 46.9 Å². The number of hydrogen-bond donors (Lipinski definition) is 3. The second-order valence-corrected chi connectivity index (χ2v) is 9.99. The van der Waals surface area contributed by atoms with Crippen LogP contribution in [0.15, 0.2) is 42.5 Å². The van der Waals surface area contributed by atoms with Gasteiger partial charge in [0.1, 0.15) is 24.2 Å². The topological polar surface area (TPSA) is 155 Å². The summed E-state index contributed by atoms with van der Waals surface area (Å²) in [5.74, 6) is -2.25. The molecule has 2 atom stereocenters. The summed E-state index contributed by atoms with van der Waals surface area (Å²) in [6.45, 7) is 9.95. The lowest BCUT2D eigenvalue weighted by molar-refractivity contribution is -0.141. The fourth-order valence-corrected chi connectivity index (χ4v) is 3.86. The van der Waals surface area contributed by atoms with E-state index < -0.39 is 54.5 Å². The van der Waals surface area contributed by atoms with Crippen LogP contribution in [0.2, 0.25) is 0 Å². The average Bonchev–Trinajstić information content (AvgIpc) is 2.80. The molecule has 0 aliphatic carbocycles. The minimum atomic E-state index is -1.46. The summed E-state index contributed by atoms with van der Waals surface area (Å²) >= 11 is 0. The molecule has 0 fully saturated rings. The van der Waals surface area contributed by atoms with Crippen molar-refractivity contribution in [3.8, 4) is 6.07 Å². The normalized spacial score (nSPS) is 12.4. The lowest BCUT2D eigenvalue weighted by Crippen LogP contribution is -2.53. The highest BCUT2D eigenvalue weighted by molar-refractivity contribution is 6.00. The number of primary amides is 1. The molecule has 4 N–H and O–H groups in total. The van der Waals surface area contributed by atoms with Crippen LogP contribution in [0.1, 0.15) is 55.5 Å². The monoisotopic (exact) mass is 521 g/mol. The Morgan fingerprint density at radius 3 is 2.24 bits per heavy atom. The van der Waals surface area contributed by atoms with Crippen LogP contribution in [0.25, 0.3) is 0 Å². The van der Waals surface area contributed by atoms with Crippen LogP contribution >= 0.6 is 0 Å². The van der Waals surface area contributed by atoms with E-state index in [1.165, 1.54) is 0 Å². The van der Waals surface area contributed by atoms with Crippen molar-refractivity contribution in [1.82, 2.24) is 10.2 Å². The van der Waals surface area contributed by atoms with Gasteiger partial charge in [-0.25, -0.2) is 4.79 Å². The second-order valence-electron chi connectivity index (χ2n) is 9.99. The molecule has 2 aromatic rings. The third-order valence-electron chi connectivity index (χ3n) is 5.82. The molecule has 0 aliphatic heterocycles. The van der Waals surface area contributed by atoms with Crippen molar-refractivity contribution in [2.24, 2.45) is 5.73 Å². The largest absolute Gasteiger partial charge is 0.444 e. The maximum absolute atomic E-state index is 13.8. The van der Waals surface area contributed by atoms with E-state index in [4.69, 9.17) is 10.5 Å². The molecule has 2 rings (SSSR count). The summed E-state index contributed by atoms with van der Waals surface area (Å²) in [7, 11) is 0. The van der Waals surface area contributed by atoms with Crippen molar-refractivity contribution in [1.29, 1.82) is 5.26 Å². The SMILES string of the molecule is Cc1ccccc1NC(=O)C(c1cccc(C)c1C)N(CC#N)C(=O)C(CC(N)=O)NC(=O)OC(C)(C)C. The number of hydrogen-bond acceptors (Lipinski definition) is 6. The van der Waals surface area contributed by atoms with Gasteiger partial charge in [0.2, 0.25) is 11.8 Å². The zero-order chi connectivity index (χ0) is 28.6. The predicted molar refractivity (Wildman–Crippen MR) is 143 cm³/mol. The first-order chi connectivity index (χ1) is 17.7. The number of carbonyl (C=O) groups excluding carboxylic acids is 4. The zero-order valence-electron chi connectivity index (χ0n) is 22.6. The summed E-state index contributed by atoms with van der Waals surface area (Å²) in [6, 6.07) is 11.7. The molecule has 0 saturated carbocycles. The highest BCUT2D eigenvalue weighted by Crippen LogP contribution is 2.29. The number of nitriles is 1. The molecule has 0 heterocycles. The number of nitrogens with zero attached hydrogens (tertiary/aromatic N) is 2. The summed E-state index contributed by atoms with van der Waals surface area (Å²) < 4.78 is 5.24. The fourth-order valence-electron chi connectivity index (χ4n) is 3.86. The van der Waals surface area contributed by atoms with E-state index >= 15 is 0 Å². The quantitative estimate of drug-likeness (QED) is 0.430. The molecule has 202 valence electrons. The summed E-state index contributed by atoms with van der Waals surface area (Å²) in [5, 5.41) is 14.9. The third kappa shape index (κ3) is 8.06. The molecule has 0 saturated heterocycles. The van der Waals surface area contributed by atoms with Gasteiger partial charge in [-0.05, 0) is 69.9 Å². The lowest BCUT2D eigenvalue weighted by atomic mass is 9.94. The molecule has 0 radical (unpaired) electrons. The number of amides is 4. The van der Waals surface area contributed by atoms with Gasteiger partial charge in [0.15, 0.2) is 0 Å². The highest BCUT2D eigenvalue weighted by atomic mass is 16.6. The first-order valence-corrected chi connectivity index (χ1v) is 12.1. The van der Waals surface area contributed by atoms with E-state index in [-0.39, 0.29) is 0 Å². The van der Waals surface area contributed by atoms with Gasteiger partial charge in [-0.1, -0.05) is 36.4 Å². The number of para-hydroxylation sites is 1.